The minimum Gasteiger partial charge on any atom is -0.308 e. The molecule has 0 spiro atoms. The Bertz CT molecular complexity index is 282. The second kappa shape index (κ2) is 3.83. The Morgan fingerprint density at radius 1 is 1.69 bits per heavy atom. The van der Waals surface area contributed by atoms with Crippen LogP contribution in [0.5, 0.6) is 0 Å². The summed E-state index contributed by atoms with van der Waals surface area (Å²) in [6.07, 6.45) is 4.30. The van der Waals surface area contributed by atoms with E-state index in [4.69, 9.17) is 0 Å². The number of carbonyl (C=O) groups is 1. The van der Waals surface area contributed by atoms with Crippen molar-refractivity contribution in [3.63, 3.8) is 0 Å². The highest BCUT2D eigenvalue weighted by Gasteiger charge is 2.20. The third-order valence-corrected chi connectivity index (χ3v) is 2.83. The summed E-state index contributed by atoms with van der Waals surface area (Å²) < 4.78 is 3.67. The fraction of sp³-hybridized carbons (Fsp3) is 0.625. The topological polar surface area (TPSA) is 54.9 Å². The molecule has 70 valence electrons. The molecule has 0 unspecified atom stereocenters. The summed E-state index contributed by atoms with van der Waals surface area (Å²) >= 11 is 1.24. The quantitative estimate of drug-likeness (QED) is 0.801. The number of aromatic nitrogens is 2. The lowest BCUT2D eigenvalue weighted by atomic mass is 9.83. The van der Waals surface area contributed by atoms with Gasteiger partial charge in [0.2, 0.25) is 5.91 Å². The van der Waals surface area contributed by atoms with Gasteiger partial charge in [-0.2, -0.15) is 0 Å². The van der Waals surface area contributed by atoms with Crippen molar-refractivity contribution in [2.24, 2.45) is 5.92 Å². The van der Waals surface area contributed by atoms with E-state index in [0.29, 0.717) is 18.2 Å². The lowest BCUT2D eigenvalue weighted by molar-refractivity contribution is -0.117. The van der Waals surface area contributed by atoms with Gasteiger partial charge in [-0.3, -0.25) is 4.79 Å². The Labute approximate surface area is 80.5 Å². The van der Waals surface area contributed by atoms with E-state index < -0.39 is 0 Å². The molecule has 1 aliphatic carbocycles. The van der Waals surface area contributed by atoms with Crippen molar-refractivity contribution in [3.8, 4) is 0 Å². The zero-order valence-electron chi connectivity index (χ0n) is 7.19. The summed E-state index contributed by atoms with van der Waals surface area (Å²) in [6.45, 7) is 0. The van der Waals surface area contributed by atoms with E-state index in [2.05, 4.69) is 14.9 Å². The maximum atomic E-state index is 11.3. The van der Waals surface area contributed by atoms with Gasteiger partial charge in [-0.05, 0) is 30.3 Å². The first-order chi connectivity index (χ1) is 6.34. The second-order valence-corrected chi connectivity index (χ2v) is 3.95. The van der Waals surface area contributed by atoms with Crippen molar-refractivity contribution < 1.29 is 4.79 Å². The third-order valence-electron chi connectivity index (χ3n) is 2.33. The van der Waals surface area contributed by atoms with E-state index in [9.17, 15) is 4.79 Å². The number of hydrogen-bond donors (Lipinski definition) is 1. The van der Waals surface area contributed by atoms with Crippen LogP contribution in [-0.4, -0.2) is 15.5 Å². The summed E-state index contributed by atoms with van der Waals surface area (Å²) in [5.41, 5.74) is 0. The molecular weight excluding hydrogens is 186 g/mol. The second-order valence-electron chi connectivity index (χ2n) is 3.34. The lowest BCUT2D eigenvalue weighted by Gasteiger charge is -2.24. The Morgan fingerprint density at radius 3 is 3.08 bits per heavy atom. The monoisotopic (exact) mass is 197 g/mol. The van der Waals surface area contributed by atoms with Crippen LogP contribution in [0, 0.1) is 5.92 Å². The number of nitrogens with one attached hydrogen (secondary N) is 1. The number of rotatable bonds is 3. The summed E-state index contributed by atoms with van der Waals surface area (Å²) in [5.74, 6) is 1.25. The Kier molecular flexibility index (Phi) is 2.54. The van der Waals surface area contributed by atoms with E-state index in [1.165, 1.54) is 30.8 Å². The molecule has 0 aromatic carbocycles. The van der Waals surface area contributed by atoms with Gasteiger partial charge in [0, 0.05) is 6.42 Å². The van der Waals surface area contributed by atoms with Crippen molar-refractivity contribution in [2.45, 2.75) is 25.7 Å². The van der Waals surface area contributed by atoms with Gasteiger partial charge in [0.15, 0.2) is 5.82 Å². The maximum absolute atomic E-state index is 11.3. The fourth-order valence-electron chi connectivity index (χ4n) is 1.37. The molecule has 1 N–H and O–H groups in total. The molecule has 0 aliphatic heterocycles. The average molecular weight is 197 g/mol. The minimum absolute atomic E-state index is 0.0670. The number of amides is 1. The predicted octanol–water partition coefficient (Wildman–Crippen LogP) is 1.67. The van der Waals surface area contributed by atoms with Gasteiger partial charge in [0.05, 0.1) is 5.38 Å². The molecule has 0 radical (unpaired) electrons. The number of hydrogen-bond acceptors (Lipinski definition) is 4. The van der Waals surface area contributed by atoms with Gasteiger partial charge >= 0.3 is 0 Å². The van der Waals surface area contributed by atoms with E-state index in [1.54, 1.807) is 5.38 Å². The highest BCUT2D eigenvalue weighted by atomic mass is 32.1. The SMILES string of the molecule is O=C(CC1CCC1)Nc1csnn1. The average Bonchev–Trinajstić information content (AvgIpc) is 2.49. The summed E-state index contributed by atoms with van der Waals surface area (Å²) in [7, 11) is 0. The largest absolute Gasteiger partial charge is 0.308 e. The molecule has 0 saturated heterocycles. The van der Waals surface area contributed by atoms with Crippen LogP contribution in [0.25, 0.3) is 0 Å². The Balaban J connectivity index is 1.78. The van der Waals surface area contributed by atoms with Crippen molar-refractivity contribution in [3.05, 3.63) is 5.38 Å². The van der Waals surface area contributed by atoms with Gasteiger partial charge < -0.3 is 5.32 Å². The van der Waals surface area contributed by atoms with Crippen molar-refractivity contribution in [2.75, 3.05) is 5.32 Å². The molecule has 0 atom stereocenters. The molecule has 1 amide bonds. The van der Waals surface area contributed by atoms with E-state index in [0.717, 1.165) is 0 Å². The number of anilines is 1. The van der Waals surface area contributed by atoms with Crippen LogP contribution in [0.3, 0.4) is 0 Å². The fourth-order valence-corrected chi connectivity index (χ4v) is 1.76. The van der Waals surface area contributed by atoms with Gasteiger partial charge in [-0.15, -0.1) is 5.10 Å². The summed E-state index contributed by atoms with van der Waals surface area (Å²) in [4.78, 5) is 11.3. The highest BCUT2D eigenvalue weighted by Crippen LogP contribution is 2.29. The molecule has 1 aromatic rings. The predicted molar refractivity (Wildman–Crippen MR) is 50.5 cm³/mol. The molecular formula is C8H11N3OS. The van der Waals surface area contributed by atoms with E-state index in [1.807, 2.05) is 0 Å². The van der Waals surface area contributed by atoms with Crippen LogP contribution in [-0.2, 0) is 4.79 Å². The third kappa shape index (κ3) is 2.24. The standard InChI is InChI=1S/C8H11N3OS/c12-8(4-6-2-1-3-6)9-7-5-13-11-10-7/h5-6H,1-4H2,(H,9,12). The first kappa shape index (κ1) is 8.62. The van der Waals surface area contributed by atoms with Crippen LogP contribution in [0.15, 0.2) is 5.38 Å². The van der Waals surface area contributed by atoms with Crippen molar-refractivity contribution in [1.82, 2.24) is 9.59 Å². The first-order valence-electron chi connectivity index (χ1n) is 4.41. The highest BCUT2D eigenvalue weighted by molar-refractivity contribution is 7.03. The maximum Gasteiger partial charge on any atom is 0.225 e. The number of carbonyl (C=O) groups excluding carboxylic acids is 1. The molecule has 1 fully saturated rings. The van der Waals surface area contributed by atoms with E-state index >= 15 is 0 Å². The molecule has 13 heavy (non-hydrogen) atoms. The van der Waals surface area contributed by atoms with Crippen molar-refractivity contribution >= 4 is 23.3 Å². The van der Waals surface area contributed by atoms with Crippen LogP contribution >= 0.6 is 11.5 Å². The lowest BCUT2D eigenvalue weighted by Crippen LogP contribution is -2.20. The molecule has 5 heteroatoms. The Hall–Kier alpha value is -0.970. The molecule has 0 bridgehead atoms. The van der Waals surface area contributed by atoms with E-state index in [-0.39, 0.29) is 5.91 Å². The van der Waals surface area contributed by atoms with Crippen LogP contribution < -0.4 is 5.32 Å². The molecule has 1 heterocycles. The van der Waals surface area contributed by atoms with Gasteiger partial charge in [-0.1, -0.05) is 10.9 Å². The molecule has 1 saturated carbocycles. The summed E-state index contributed by atoms with van der Waals surface area (Å²) in [5, 5.41) is 8.20. The zero-order valence-corrected chi connectivity index (χ0v) is 8.01. The normalized spacial score (nSPS) is 16.6. The van der Waals surface area contributed by atoms with Crippen LogP contribution in [0.4, 0.5) is 5.82 Å². The van der Waals surface area contributed by atoms with Crippen LogP contribution in [0.2, 0.25) is 0 Å². The molecule has 2 rings (SSSR count). The molecule has 4 nitrogen and oxygen atoms in total. The van der Waals surface area contributed by atoms with Crippen molar-refractivity contribution in [1.29, 1.82) is 0 Å². The zero-order chi connectivity index (χ0) is 9.10. The number of nitrogens with zero attached hydrogens (tertiary/aromatic N) is 2. The van der Waals surface area contributed by atoms with Crippen LogP contribution in [0.1, 0.15) is 25.7 Å². The van der Waals surface area contributed by atoms with Gasteiger partial charge in [0.25, 0.3) is 0 Å². The van der Waals surface area contributed by atoms with Gasteiger partial charge in [0.1, 0.15) is 0 Å². The summed E-state index contributed by atoms with van der Waals surface area (Å²) in [6, 6.07) is 0. The smallest absolute Gasteiger partial charge is 0.225 e. The Morgan fingerprint density at radius 2 is 2.54 bits per heavy atom. The molecule has 1 aromatic heterocycles. The first-order valence-corrected chi connectivity index (χ1v) is 5.25. The molecule has 1 aliphatic rings. The van der Waals surface area contributed by atoms with Gasteiger partial charge in [-0.25, -0.2) is 0 Å². The minimum atomic E-state index is 0.0670.